The zero-order chi connectivity index (χ0) is 42.9. The number of hydrogen-bond acceptors (Lipinski definition) is 4. The Labute approximate surface area is 326 Å². The second kappa shape index (κ2) is 19.2. The molecule has 0 saturated heterocycles. The highest BCUT2D eigenvalue weighted by atomic mass is 15.1. The van der Waals surface area contributed by atoms with Gasteiger partial charge in [-0.3, -0.25) is 0 Å². The Morgan fingerprint density at radius 2 is 0.635 bits per heavy atom. The predicted molar refractivity (Wildman–Crippen MR) is 238 cm³/mol. The van der Waals surface area contributed by atoms with Crippen molar-refractivity contribution in [1.82, 2.24) is 0 Å². The van der Waals surface area contributed by atoms with Crippen LogP contribution in [0.3, 0.4) is 0 Å². The Morgan fingerprint density at radius 1 is 0.346 bits per heavy atom. The molecule has 4 rings (SSSR count). The van der Waals surface area contributed by atoms with E-state index >= 15 is 0 Å². The van der Waals surface area contributed by atoms with Crippen LogP contribution in [0.15, 0.2) is 78.9 Å². The Balaban J connectivity index is 0.000000371. The Bertz CT molecular complexity index is 1710. The van der Waals surface area contributed by atoms with Crippen molar-refractivity contribution in [2.45, 2.75) is 106 Å². The highest BCUT2D eigenvalue weighted by Crippen LogP contribution is 2.33. The molecule has 0 bridgehead atoms. The molecule has 4 aromatic carbocycles. The van der Waals surface area contributed by atoms with Crippen LogP contribution >= 0.6 is 0 Å². The van der Waals surface area contributed by atoms with Gasteiger partial charge in [0, 0.05) is 83.2 Å². The van der Waals surface area contributed by atoms with Crippen molar-refractivity contribution < 1.29 is 4.11 Å². The molecule has 0 heterocycles. The van der Waals surface area contributed by atoms with E-state index in [-0.39, 0.29) is 16.2 Å². The van der Waals surface area contributed by atoms with Gasteiger partial charge in [0.1, 0.15) is 0 Å². The summed E-state index contributed by atoms with van der Waals surface area (Å²) in [6.45, 7) is 24.5. The third-order valence-electron chi connectivity index (χ3n) is 8.72. The highest BCUT2D eigenvalue weighted by Gasteiger charge is 2.21. The van der Waals surface area contributed by atoms with E-state index in [9.17, 15) is 0 Å². The first-order valence-corrected chi connectivity index (χ1v) is 18.5. The number of rotatable bonds is 4. The zero-order valence-corrected chi connectivity index (χ0v) is 36.8. The molecule has 0 unspecified atom stereocenters. The molecule has 52 heavy (non-hydrogen) atoms. The maximum Gasteiger partial charge on any atom is 0.0366 e. The van der Waals surface area contributed by atoms with Crippen LogP contribution in [0.2, 0.25) is 0 Å². The molecule has 0 fully saturated rings. The normalized spacial score (nSPS) is 12.3. The topological polar surface area (TPSA) is 13.0 Å². The summed E-state index contributed by atoms with van der Waals surface area (Å²) in [7, 11) is 16.3. The van der Waals surface area contributed by atoms with Gasteiger partial charge in [0.2, 0.25) is 0 Å². The zero-order valence-electron chi connectivity index (χ0n) is 39.8. The molecule has 288 valence electrons. The Morgan fingerprint density at radius 3 is 0.923 bits per heavy atom. The largest absolute Gasteiger partial charge is 0.378 e. The third kappa shape index (κ3) is 16.2. The van der Waals surface area contributed by atoms with E-state index in [1.54, 1.807) is 12.1 Å². The molecule has 0 aliphatic heterocycles. The van der Waals surface area contributed by atoms with E-state index in [0.717, 1.165) is 11.3 Å². The van der Waals surface area contributed by atoms with Gasteiger partial charge in [-0.05, 0) is 131 Å². The van der Waals surface area contributed by atoms with Crippen LogP contribution < -0.4 is 19.6 Å². The number of anilines is 4. The molecule has 0 aromatic heterocycles. The lowest BCUT2D eigenvalue weighted by atomic mass is 9.80. The maximum absolute atomic E-state index is 7.32. The molecule has 0 N–H and O–H groups in total. The quantitative estimate of drug-likeness (QED) is 0.209. The van der Waals surface area contributed by atoms with Gasteiger partial charge < -0.3 is 19.6 Å². The fourth-order valence-corrected chi connectivity index (χ4v) is 5.22. The molecule has 0 radical (unpaired) electrons. The minimum atomic E-state index is -2.02. The van der Waals surface area contributed by atoms with Crippen LogP contribution in [-0.4, -0.2) is 56.4 Å². The van der Waals surface area contributed by atoms with Crippen molar-refractivity contribution in [2.75, 3.05) is 76.0 Å². The fraction of sp³-hybridized carbons (Fsp3) is 0.500. The molecular formula is C48H76N4. The number of benzene rings is 4. The predicted octanol–water partition coefficient (Wildman–Crippen LogP) is 12.1. The molecule has 0 atom stereocenters. The molecular weight excluding hydrogens is 633 g/mol. The van der Waals surface area contributed by atoms with E-state index in [0.29, 0.717) is 5.56 Å². The van der Waals surface area contributed by atoms with Crippen molar-refractivity contribution in [3.8, 4) is 0 Å². The molecule has 4 nitrogen and oxygen atoms in total. The standard InChI is InChI=1S/C16H27N.C12H19N.2C10H15N/c1-15(2,3)12-9-13(16(4,5)6)11-14(10-12)17(7)8;1-12(2,3)10-6-8-11(9-7-10)13(4)5;2*1-8-5-9(2)7-10(6-8)11(3)4/h9-11H,1-8H3;6-9H,1-5H3;2*5-7H,1-4H3/i;;1D3;. The first-order valence-electron chi connectivity index (χ1n) is 20.0. The van der Waals surface area contributed by atoms with Gasteiger partial charge in [0.15, 0.2) is 0 Å². The summed E-state index contributed by atoms with van der Waals surface area (Å²) in [6.07, 6.45) is 0. The van der Waals surface area contributed by atoms with Crippen molar-refractivity contribution >= 4 is 22.7 Å². The Hall–Kier alpha value is -3.92. The van der Waals surface area contributed by atoms with Gasteiger partial charge >= 0.3 is 0 Å². The molecule has 0 saturated carbocycles. The lowest BCUT2D eigenvalue weighted by Crippen LogP contribution is -2.19. The van der Waals surface area contributed by atoms with Gasteiger partial charge in [-0.2, -0.15) is 0 Å². The average molecular weight is 712 g/mol. The lowest BCUT2D eigenvalue weighted by Gasteiger charge is -2.27. The number of aryl methyl sites for hydroxylation is 4. The Kier molecular flexibility index (Phi) is 15.1. The number of nitrogens with zero attached hydrogens (tertiary/aromatic N) is 4. The van der Waals surface area contributed by atoms with E-state index < -0.39 is 6.85 Å². The minimum absolute atomic E-state index is 0.200. The fourth-order valence-electron chi connectivity index (χ4n) is 5.22. The average Bonchev–Trinajstić information content (AvgIpc) is 3.03. The first-order chi connectivity index (χ1) is 24.8. The first kappa shape index (κ1) is 40.8. The highest BCUT2D eigenvalue weighted by molar-refractivity contribution is 5.53. The maximum atomic E-state index is 7.32. The van der Waals surface area contributed by atoms with Crippen LogP contribution in [0.4, 0.5) is 22.7 Å². The van der Waals surface area contributed by atoms with Gasteiger partial charge in [-0.15, -0.1) is 0 Å². The molecule has 0 aliphatic carbocycles. The van der Waals surface area contributed by atoms with E-state index in [2.05, 4.69) is 194 Å². The van der Waals surface area contributed by atoms with Gasteiger partial charge in [0.25, 0.3) is 0 Å². The van der Waals surface area contributed by atoms with E-state index in [1.165, 1.54) is 44.9 Å². The summed E-state index contributed by atoms with van der Waals surface area (Å²) < 4.78 is 22.0. The summed E-state index contributed by atoms with van der Waals surface area (Å²) in [5.41, 5.74) is 13.7. The van der Waals surface area contributed by atoms with Crippen LogP contribution in [0.25, 0.3) is 0 Å². The smallest absolute Gasteiger partial charge is 0.0366 e. The summed E-state index contributed by atoms with van der Waals surface area (Å²) in [5, 5.41) is 0. The number of hydrogen-bond donors (Lipinski definition) is 0. The second-order valence-corrected chi connectivity index (χ2v) is 18.0. The van der Waals surface area contributed by atoms with Crippen LogP contribution in [0.5, 0.6) is 0 Å². The summed E-state index contributed by atoms with van der Waals surface area (Å²) in [6, 6.07) is 27.6. The second-order valence-electron chi connectivity index (χ2n) is 18.0. The summed E-state index contributed by atoms with van der Waals surface area (Å²) in [5.74, 6) is 0. The molecule has 0 amide bonds. The summed E-state index contributed by atoms with van der Waals surface area (Å²) >= 11 is 0. The van der Waals surface area contributed by atoms with Crippen LogP contribution in [-0.2, 0) is 16.2 Å². The molecule has 4 aromatic rings. The van der Waals surface area contributed by atoms with Gasteiger partial charge in [0.05, 0.1) is 0 Å². The lowest BCUT2D eigenvalue weighted by molar-refractivity contribution is 0.568. The van der Waals surface area contributed by atoms with Crippen molar-refractivity contribution in [3.63, 3.8) is 0 Å². The SMILES string of the molecule is CN(C)c1cc(C(C)(C)C)cc(C(C)(C)C)c1.CN(C)c1ccc(C(C)(C)C)cc1.Cc1cc(C)cc(N(C)C)c1.[2H]C([2H])([2H])c1cc(C)cc(N(C)C)c1. The van der Waals surface area contributed by atoms with Crippen molar-refractivity contribution in [3.05, 3.63) is 118 Å². The monoisotopic (exact) mass is 712 g/mol. The molecule has 0 spiro atoms. The molecule has 0 aliphatic rings. The third-order valence-corrected chi connectivity index (χ3v) is 8.72. The van der Waals surface area contributed by atoms with E-state index in [1.807, 2.05) is 32.0 Å². The van der Waals surface area contributed by atoms with Crippen molar-refractivity contribution in [2.24, 2.45) is 0 Å². The van der Waals surface area contributed by atoms with Gasteiger partial charge in [-0.25, -0.2) is 0 Å². The van der Waals surface area contributed by atoms with Crippen LogP contribution in [0.1, 0.15) is 105 Å². The summed E-state index contributed by atoms with van der Waals surface area (Å²) in [4.78, 5) is 8.33. The van der Waals surface area contributed by atoms with E-state index in [4.69, 9.17) is 4.11 Å². The minimum Gasteiger partial charge on any atom is -0.378 e. The van der Waals surface area contributed by atoms with Crippen LogP contribution in [0, 0.1) is 27.6 Å². The van der Waals surface area contributed by atoms with Gasteiger partial charge in [-0.1, -0.05) is 92.6 Å². The molecule has 4 heteroatoms. The van der Waals surface area contributed by atoms with Crippen molar-refractivity contribution in [1.29, 1.82) is 0 Å².